The molecular formula is C23H20ClN5O2S. The zero-order chi connectivity index (χ0) is 22.5. The summed E-state index contributed by atoms with van der Waals surface area (Å²) in [5, 5.41) is 14.0. The van der Waals surface area contributed by atoms with Gasteiger partial charge in [-0.15, -0.1) is 10.2 Å². The predicted molar refractivity (Wildman–Crippen MR) is 126 cm³/mol. The Bertz CT molecular complexity index is 1230. The van der Waals surface area contributed by atoms with Crippen molar-refractivity contribution in [3.8, 4) is 17.1 Å². The van der Waals surface area contributed by atoms with Crippen molar-refractivity contribution in [2.24, 2.45) is 5.10 Å². The van der Waals surface area contributed by atoms with Crippen molar-refractivity contribution in [1.82, 2.24) is 20.2 Å². The molecule has 0 saturated carbocycles. The van der Waals surface area contributed by atoms with Crippen LogP contribution in [0.15, 0.2) is 81.6 Å². The first-order chi connectivity index (χ1) is 15.5. The molecule has 1 N–H and O–H groups in total. The van der Waals surface area contributed by atoms with Gasteiger partial charge in [0.05, 0.1) is 12.0 Å². The zero-order valence-corrected chi connectivity index (χ0v) is 19.0. The molecule has 0 unspecified atom stereocenters. The van der Waals surface area contributed by atoms with Gasteiger partial charge in [-0.25, -0.2) is 5.43 Å². The molecule has 0 fully saturated rings. The number of nitrogens with one attached hydrogen (secondary N) is 1. The minimum Gasteiger partial charge on any atom is -0.463 e. The number of nitrogens with zero attached hydrogens (tertiary/aromatic N) is 4. The third kappa shape index (κ3) is 5.09. The van der Waals surface area contributed by atoms with Crippen LogP contribution in [0.3, 0.4) is 0 Å². The van der Waals surface area contributed by atoms with Gasteiger partial charge in [-0.3, -0.25) is 9.36 Å². The van der Waals surface area contributed by atoms with Crippen LogP contribution in [0.1, 0.15) is 18.2 Å². The standard InChI is InChI=1S/C23H20ClN5O2S/c1-15-5-7-17(8-6-15)22-27-28-23(29(22)19-11-9-18(24)10-12-19)32-14-21(30)26-25-16(2)20-4-3-13-31-20/h3-13H,14H2,1-2H3,(H,26,30)/b25-16-. The van der Waals surface area contributed by atoms with Crippen molar-refractivity contribution in [3.05, 3.63) is 83.3 Å². The van der Waals surface area contributed by atoms with E-state index < -0.39 is 0 Å². The van der Waals surface area contributed by atoms with Crippen LogP contribution in [0.2, 0.25) is 5.02 Å². The van der Waals surface area contributed by atoms with E-state index >= 15 is 0 Å². The van der Waals surface area contributed by atoms with E-state index in [2.05, 4.69) is 20.7 Å². The Morgan fingerprint density at radius 2 is 1.88 bits per heavy atom. The van der Waals surface area contributed by atoms with Gasteiger partial charge in [-0.1, -0.05) is 53.2 Å². The number of halogens is 1. The molecule has 4 rings (SSSR count). The topological polar surface area (TPSA) is 85.3 Å². The molecule has 0 aliphatic rings. The summed E-state index contributed by atoms with van der Waals surface area (Å²) in [6, 6.07) is 19.0. The Labute approximate surface area is 194 Å². The van der Waals surface area contributed by atoms with Crippen LogP contribution in [0, 0.1) is 6.92 Å². The lowest BCUT2D eigenvalue weighted by molar-refractivity contribution is -0.118. The van der Waals surface area contributed by atoms with E-state index in [0.29, 0.717) is 27.5 Å². The van der Waals surface area contributed by atoms with Gasteiger partial charge in [0.2, 0.25) is 0 Å². The van der Waals surface area contributed by atoms with Crippen molar-refractivity contribution >= 4 is 35.0 Å². The Morgan fingerprint density at radius 3 is 2.56 bits per heavy atom. The van der Waals surface area contributed by atoms with Gasteiger partial charge in [-0.2, -0.15) is 5.10 Å². The number of amides is 1. The van der Waals surface area contributed by atoms with E-state index in [-0.39, 0.29) is 11.7 Å². The van der Waals surface area contributed by atoms with Crippen molar-refractivity contribution in [2.45, 2.75) is 19.0 Å². The number of furan rings is 1. The summed E-state index contributed by atoms with van der Waals surface area (Å²) in [5.41, 5.74) is 6.06. The first kappa shape index (κ1) is 21.9. The normalized spacial score (nSPS) is 11.5. The largest absolute Gasteiger partial charge is 0.463 e. The number of benzene rings is 2. The SMILES string of the molecule is C/C(=N/NC(=O)CSc1nnc(-c2ccc(C)cc2)n1-c1ccc(Cl)cc1)c1ccco1. The highest BCUT2D eigenvalue weighted by atomic mass is 35.5. The second-order valence-electron chi connectivity index (χ2n) is 6.98. The second kappa shape index (κ2) is 9.84. The van der Waals surface area contributed by atoms with E-state index in [1.807, 2.05) is 60.0 Å². The smallest absolute Gasteiger partial charge is 0.250 e. The number of thioether (sulfide) groups is 1. The van der Waals surface area contributed by atoms with Gasteiger partial charge in [0.1, 0.15) is 11.5 Å². The summed E-state index contributed by atoms with van der Waals surface area (Å²) in [7, 11) is 0. The summed E-state index contributed by atoms with van der Waals surface area (Å²) in [5.74, 6) is 1.14. The van der Waals surface area contributed by atoms with E-state index in [4.69, 9.17) is 16.0 Å². The molecule has 0 aliphatic carbocycles. The molecule has 0 spiro atoms. The molecule has 0 aliphatic heterocycles. The molecular weight excluding hydrogens is 446 g/mol. The van der Waals surface area contributed by atoms with Crippen LogP contribution < -0.4 is 5.43 Å². The highest BCUT2D eigenvalue weighted by Gasteiger charge is 2.17. The lowest BCUT2D eigenvalue weighted by Gasteiger charge is -2.10. The van der Waals surface area contributed by atoms with Gasteiger partial charge in [0.25, 0.3) is 5.91 Å². The van der Waals surface area contributed by atoms with Gasteiger partial charge in [-0.05, 0) is 50.2 Å². The van der Waals surface area contributed by atoms with Crippen LogP contribution in [0.4, 0.5) is 0 Å². The minimum absolute atomic E-state index is 0.120. The summed E-state index contributed by atoms with van der Waals surface area (Å²) in [6.45, 7) is 3.79. The number of carbonyl (C=O) groups is 1. The van der Waals surface area contributed by atoms with Crippen molar-refractivity contribution in [2.75, 3.05) is 5.75 Å². The summed E-state index contributed by atoms with van der Waals surface area (Å²) < 4.78 is 7.18. The number of hydrogen-bond acceptors (Lipinski definition) is 6. The molecule has 2 aromatic carbocycles. The maximum Gasteiger partial charge on any atom is 0.250 e. The number of aromatic nitrogens is 3. The molecule has 4 aromatic rings. The summed E-state index contributed by atoms with van der Waals surface area (Å²) in [4.78, 5) is 12.4. The quantitative estimate of drug-likeness (QED) is 0.232. The predicted octanol–water partition coefficient (Wildman–Crippen LogP) is 5.12. The molecule has 0 saturated heterocycles. The maximum absolute atomic E-state index is 12.4. The van der Waals surface area contributed by atoms with Crippen molar-refractivity contribution in [3.63, 3.8) is 0 Å². The molecule has 2 aromatic heterocycles. The fourth-order valence-corrected chi connectivity index (χ4v) is 3.79. The maximum atomic E-state index is 12.4. The minimum atomic E-state index is -0.261. The zero-order valence-electron chi connectivity index (χ0n) is 17.4. The van der Waals surface area contributed by atoms with Crippen molar-refractivity contribution < 1.29 is 9.21 Å². The lowest BCUT2D eigenvalue weighted by Crippen LogP contribution is -2.21. The Kier molecular flexibility index (Phi) is 6.72. The highest BCUT2D eigenvalue weighted by molar-refractivity contribution is 7.99. The van der Waals surface area contributed by atoms with Crippen LogP contribution in [-0.2, 0) is 4.79 Å². The third-order valence-electron chi connectivity index (χ3n) is 4.59. The van der Waals surface area contributed by atoms with E-state index in [9.17, 15) is 4.79 Å². The molecule has 0 radical (unpaired) electrons. The molecule has 7 nitrogen and oxygen atoms in total. The number of carbonyl (C=O) groups excluding carboxylic acids is 1. The number of rotatable bonds is 7. The Balaban J connectivity index is 1.55. The molecule has 2 heterocycles. The molecule has 9 heteroatoms. The lowest BCUT2D eigenvalue weighted by atomic mass is 10.1. The fourth-order valence-electron chi connectivity index (χ4n) is 2.92. The molecule has 32 heavy (non-hydrogen) atoms. The fraction of sp³-hybridized carbons (Fsp3) is 0.130. The van der Waals surface area contributed by atoms with Gasteiger partial charge >= 0.3 is 0 Å². The number of hydrazone groups is 1. The summed E-state index contributed by atoms with van der Waals surface area (Å²) >= 11 is 7.34. The van der Waals surface area contributed by atoms with Gasteiger partial charge < -0.3 is 4.42 Å². The summed E-state index contributed by atoms with van der Waals surface area (Å²) in [6.07, 6.45) is 1.56. The Hall–Kier alpha value is -3.36. The Morgan fingerprint density at radius 1 is 1.12 bits per heavy atom. The van der Waals surface area contributed by atoms with Gasteiger partial charge in [0.15, 0.2) is 11.0 Å². The van der Waals surface area contributed by atoms with Crippen LogP contribution in [0.5, 0.6) is 0 Å². The first-order valence-corrected chi connectivity index (χ1v) is 11.2. The monoisotopic (exact) mass is 465 g/mol. The average Bonchev–Trinajstić information content (AvgIpc) is 3.48. The number of aryl methyl sites for hydroxylation is 1. The highest BCUT2D eigenvalue weighted by Crippen LogP contribution is 2.28. The molecule has 0 bridgehead atoms. The first-order valence-electron chi connectivity index (χ1n) is 9.79. The number of hydrogen-bond donors (Lipinski definition) is 1. The molecule has 0 atom stereocenters. The van der Waals surface area contributed by atoms with Crippen LogP contribution >= 0.6 is 23.4 Å². The van der Waals surface area contributed by atoms with E-state index in [1.54, 1.807) is 25.3 Å². The average molecular weight is 466 g/mol. The van der Waals surface area contributed by atoms with Crippen LogP contribution in [-0.4, -0.2) is 32.1 Å². The van der Waals surface area contributed by atoms with Crippen molar-refractivity contribution in [1.29, 1.82) is 0 Å². The van der Waals surface area contributed by atoms with Gasteiger partial charge in [0, 0.05) is 16.3 Å². The third-order valence-corrected chi connectivity index (χ3v) is 5.77. The van der Waals surface area contributed by atoms with E-state index in [1.165, 1.54) is 11.8 Å². The van der Waals surface area contributed by atoms with Crippen LogP contribution in [0.25, 0.3) is 17.1 Å². The second-order valence-corrected chi connectivity index (χ2v) is 8.36. The van der Waals surface area contributed by atoms with E-state index in [0.717, 1.165) is 16.8 Å². The molecule has 162 valence electrons. The molecule has 1 amide bonds.